The van der Waals surface area contributed by atoms with Gasteiger partial charge in [-0.15, -0.1) is 0 Å². The second-order valence-corrected chi connectivity index (χ2v) is 7.49. The van der Waals surface area contributed by atoms with E-state index in [0.717, 1.165) is 28.1 Å². The molecule has 0 aliphatic carbocycles. The van der Waals surface area contributed by atoms with Crippen molar-refractivity contribution >= 4 is 16.9 Å². The van der Waals surface area contributed by atoms with E-state index in [-0.39, 0.29) is 24.2 Å². The molecule has 1 atom stereocenters. The fourth-order valence-electron chi connectivity index (χ4n) is 3.29. The van der Waals surface area contributed by atoms with E-state index >= 15 is 0 Å². The highest BCUT2D eigenvalue weighted by Gasteiger charge is 2.26. The lowest BCUT2D eigenvalue weighted by atomic mass is 9.84. The molecule has 2 heterocycles. The van der Waals surface area contributed by atoms with Gasteiger partial charge in [-0.25, -0.2) is 4.98 Å². The SMILES string of the molecule is C[C@@H](C(=O)NCC(C)(C)c1ccc2c(c1)OCO2)n1cnc2ccccc21. The Labute approximate surface area is 158 Å². The number of para-hydroxylation sites is 2. The zero-order valence-electron chi connectivity index (χ0n) is 15.7. The largest absolute Gasteiger partial charge is 0.454 e. The predicted molar refractivity (Wildman–Crippen MR) is 103 cm³/mol. The highest BCUT2D eigenvalue weighted by atomic mass is 16.7. The topological polar surface area (TPSA) is 65.4 Å². The summed E-state index contributed by atoms with van der Waals surface area (Å²) in [6.45, 7) is 6.86. The zero-order chi connectivity index (χ0) is 19.0. The number of amides is 1. The van der Waals surface area contributed by atoms with Gasteiger partial charge >= 0.3 is 0 Å². The van der Waals surface area contributed by atoms with Gasteiger partial charge in [0.15, 0.2) is 11.5 Å². The van der Waals surface area contributed by atoms with Gasteiger partial charge < -0.3 is 19.4 Å². The van der Waals surface area contributed by atoms with Crippen LogP contribution in [0.25, 0.3) is 11.0 Å². The Hall–Kier alpha value is -3.02. The van der Waals surface area contributed by atoms with Gasteiger partial charge in [-0.05, 0) is 36.8 Å². The number of hydrogen-bond donors (Lipinski definition) is 1. The molecule has 1 aromatic heterocycles. The summed E-state index contributed by atoms with van der Waals surface area (Å²) in [6, 6.07) is 13.4. The molecule has 1 amide bonds. The van der Waals surface area contributed by atoms with Crippen molar-refractivity contribution in [3.63, 3.8) is 0 Å². The third-order valence-electron chi connectivity index (χ3n) is 5.14. The van der Waals surface area contributed by atoms with Crippen LogP contribution in [0.15, 0.2) is 48.8 Å². The first kappa shape index (κ1) is 17.4. The average molecular weight is 365 g/mol. The van der Waals surface area contributed by atoms with Crippen LogP contribution in [0.3, 0.4) is 0 Å². The molecule has 0 spiro atoms. The zero-order valence-corrected chi connectivity index (χ0v) is 15.7. The van der Waals surface area contributed by atoms with Crippen molar-refractivity contribution in [1.82, 2.24) is 14.9 Å². The molecule has 1 N–H and O–H groups in total. The van der Waals surface area contributed by atoms with Gasteiger partial charge in [0, 0.05) is 12.0 Å². The molecule has 27 heavy (non-hydrogen) atoms. The highest BCUT2D eigenvalue weighted by Crippen LogP contribution is 2.36. The molecule has 0 unspecified atom stereocenters. The second kappa shape index (κ2) is 6.61. The fourth-order valence-corrected chi connectivity index (χ4v) is 3.29. The molecule has 0 radical (unpaired) electrons. The van der Waals surface area contributed by atoms with E-state index in [1.54, 1.807) is 6.33 Å². The van der Waals surface area contributed by atoms with Gasteiger partial charge in [0.25, 0.3) is 0 Å². The smallest absolute Gasteiger partial charge is 0.242 e. The highest BCUT2D eigenvalue weighted by molar-refractivity contribution is 5.83. The Morgan fingerprint density at radius 1 is 1.22 bits per heavy atom. The van der Waals surface area contributed by atoms with Crippen molar-refractivity contribution < 1.29 is 14.3 Å². The molecule has 0 bridgehead atoms. The number of nitrogens with zero attached hydrogens (tertiary/aromatic N) is 2. The van der Waals surface area contributed by atoms with Crippen LogP contribution in [0.1, 0.15) is 32.4 Å². The first-order chi connectivity index (χ1) is 13.0. The summed E-state index contributed by atoms with van der Waals surface area (Å²) >= 11 is 0. The minimum Gasteiger partial charge on any atom is -0.454 e. The first-order valence-corrected chi connectivity index (χ1v) is 9.05. The molecule has 0 saturated heterocycles. The molecule has 6 nitrogen and oxygen atoms in total. The fraction of sp³-hybridized carbons (Fsp3) is 0.333. The van der Waals surface area contributed by atoms with E-state index < -0.39 is 0 Å². The lowest BCUT2D eigenvalue weighted by Gasteiger charge is -2.27. The standard InChI is InChI=1S/C21H23N3O3/c1-14(24-12-23-16-6-4-5-7-17(16)24)20(25)22-11-21(2,3)15-8-9-18-19(10-15)27-13-26-18/h4-10,12,14H,11,13H2,1-3H3,(H,22,25)/t14-/m0/s1. The average Bonchev–Trinajstić information content (AvgIpc) is 3.31. The number of imidazole rings is 1. The summed E-state index contributed by atoms with van der Waals surface area (Å²) in [5.41, 5.74) is 2.69. The van der Waals surface area contributed by atoms with Gasteiger partial charge in [-0.3, -0.25) is 4.79 Å². The Morgan fingerprint density at radius 3 is 2.85 bits per heavy atom. The summed E-state index contributed by atoms with van der Waals surface area (Å²) in [4.78, 5) is 17.1. The number of nitrogens with one attached hydrogen (secondary N) is 1. The number of aromatic nitrogens is 2. The molecule has 140 valence electrons. The second-order valence-electron chi connectivity index (χ2n) is 7.49. The van der Waals surface area contributed by atoms with Crippen molar-refractivity contribution in [3.8, 4) is 11.5 Å². The van der Waals surface area contributed by atoms with E-state index in [9.17, 15) is 4.79 Å². The minimum atomic E-state index is -0.343. The predicted octanol–water partition coefficient (Wildman–Crippen LogP) is 3.42. The van der Waals surface area contributed by atoms with Crippen LogP contribution in [-0.2, 0) is 10.2 Å². The maximum Gasteiger partial charge on any atom is 0.242 e. The number of ether oxygens (including phenoxy) is 2. The molecule has 4 rings (SSSR count). The van der Waals surface area contributed by atoms with Gasteiger partial charge in [-0.1, -0.05) is 32.0 Å². The van der Waals surface area contributed by atoms with E-state index in [0.29, 0.717) is 6.54 Å². The van der Waals surface area contributed by atoms with Crippen molar-refractivity contribution in [2.45, 2.75) is 32.2 Å². The van der Waals surface area contributed by atoms with E-state index in [2.05, 4.69) is 24.1 Å². The minimum absolute atomic E-state index is 0.0352. The molecule has 3 aromatic rings. The Balaban J connectivity index is 1.46. The molecular weight excluding hydrogens is 342 g/mol. The molecular formula is C21H23N3O3. The quantitative estimate of drug-likeness (QED) is 0.752. The van der Waals surface area contributed by atoms with Crippen LogP contribution in [0.5, 0.6) is 11.5 Å². The van der Waals surface area contributed by atoms with Crippen molar-refractivity contribution in [3.05, 3.63) is 54.4 Å². The van der Waals surface area contributed by atoms with Crippen LogP contribution in [0, 0.1) is 0 Å². The van der Waals surface area contributed by atoms with Crippen molar-refractivity contribution in [2.75, 3.05) is 13.3 Å². The molecule has 1 aliphatic heterocycles. The van der Waals surface area contributed by atoms with Crippen LogP contribution >= 0.6 is 0 Å². The Morgan fingerprint density at radius 2 is 2.00 bits per heavy atom. The summed E-state index contributed by atoms with van der Waals surface area (Å²) < 4.78 is 12.7. The number of fused-ring (bicyclic) bond motifs is 2. The Kier molecular flexibility index (Phi) is 4.26. The maximum absolute atomic E-state index is 12.7. The summed E-state index contributed by atoms with van der Waals surface area (Å²) in [6.07, 6.45) is 1.72. The Bertz CT molecular complexity index is 993. The lowest BCUT2D eigenvalue weighted by molar-refractivity contribution is -0.124. The third kappa shape index (κ3) is 3.23. The molecule has 2 aromatic carbocycles. The maximum atomic E-state index is 12.7. The summed E-state index contributed by atoms with van der Waals surface area (Å²) in [5.74, 6) is 1.48. The van der Waals surface area contributed by atoms with Crippen molar-refractivity contribution in [1.29, 1.82) is 0 Å². The van der Waals surface area contributed by atoms with Gasteiger partial charge in [0.2, 0.25) is 12.7 Å². The van der Waals surface area contributed by atoms with Crippen LogP contribution < -0.4 is 14.8 Å². The van der Waals surface area contributed by atoms with Gasteiger partial charge in [0.05, 0.1) is 17.4 Å². The molecule has 6 heteroatoms. The number of carbonyl (C=O) groups is 1. The number of carbonyl (C=O) groups excluding carboxylic acids is 1. The number of benzene rings is 2. The number of rotatable bonds is 5. The summed E-state index contributed by atoms with van der Waals surface area (Å²) in [5, 5.41) is 3.08. The third-order valence-corrected chi connectivity index (χ3v) is 5.14. The van der Waals surface area contributed by atoms with E-state index in [4.69, 9.17) is 9.47 Å². The number of hydrogen-bond acceptors (Lipinski definition) is 4. The molecule has 0 fully saturated rings. The van der Waals surface area contributed by atoms with Crippen LogP contribution in [-0.4, -0.2) is 28.8 Å². The molecule has 0 saturated carbocycles. The normalized spacial score (nSPS) is 14.3. The van der Waals surface area contributed by atoms with Crippen LogP contribution in [0.4, 0.5) is 0 Å². The lowest BCUT2D eigenvalue weighted by Crippen LogP contribution is -2.39. The van der Waals surface area contributed by atoms with Gasteiger partial charge in [0.1, 0.15) is 6.04 Å². The van der Waals surface area contributed by atoms with E-state index in [1.165, 1.54) is 0 Å². The van der Waals surface area contributed by atoms with Gasteiger partial charge in [-0.2, -0.15) is 0 Å². The van der Waals surface area contributed by atoms with Crippen molar-refractivity contribution in [2.24, 2.45) is 0 Å². The van der Waals surface area contributed by atoms with E-state index in [1.807, 2.05) is 54.0 Å². The monoisotopic (exact) mass is 365 g/mol. The summed E-state index contributed by atoms with van der Waals surface area (Å²) in [7, 11) is 0. The van der Waals surface area contributed by atoms with Crippen LogP contribution in [0.2, 0.25) is 0 Å². The molecule has 1 aliphatic rings. The first-order valence-electron chi connectivity index (χ1n) is 9.05.